The van der Waals surface area contributed by atoms with Crippen LogP contribution in [-0.4, -0.2) is 104 Å². The molecule has 0 aliphatic carbocycles. The average Bonchev–Trinajstić information content (AvgIpc) is 3.72. The van der Waals surface area contributed by atoms with Gasteiger partial charge in [0.25, 0.3) is 12.2 Å². The highest BCUT2D eigenvalue weighted by atomic mass is 32.7. The van der Waals surface area contributed by atoms with Crippen LogP contribution in [0.5, 0.6) is 0 Å². The van der Waals surface area contributed by atoms with Crippen molar-refractivity contribution >= 4 is 65.7 Å². The van der Waals surface area contributed by atoms with E-state index in [1.165, 1.54) is 28.1 Å². The molecule has 7 rings (SSSR count). The zero-order valence-electron chi connectivity index (χ0n) is 23.0. The van der Waals surface area contributed by atoms with Gasteiger partial charge < -0.3 is 39.4 Å². The lowest BCUT2D eigenvalue weighted by atomic mass is 10.1. The van der Waals surface area contributed by atoms with Crippen LogP contribution in [0.4, 0.5) is 5.95 Å². The molecule has 0 saturated carbocycles. The standard InChI is InChI=1S/C21H27N11O9P2S2/c1-7-10-16(24-4-23-7)31(5-25-10)19-14(33)11-8(40-19)2-38-43(37,45)30-12-9(3-39-42(36,44)29-11)41-20(15(12)34)32-6-26-13-17(32)27-21(22)28-18(13)35/h4-6,8-9,11-12,14-15,19-20,33-34H,2-3H2,1H3,(H2,29,36,44)(H2,30,37,45)(H3,22,27,28,35)/t8-,9-,11-,12-,14-,15-,19-,20-,42?,43?/m1/s1. The van der Waals surface area contributed by atoms with Crippen molar-refractivity contribution in [2.75, 3.05) is 18.9 Å². The molecule has 10 atom stereocenters. The van der Waals surface area contributed by atoms with Crippen molar-refractivity contribution in [3.8, 4) is 0 Å². The molecule has 3 saturated heterocycles. The van der Waals surface area contributed by atoms with Gasteiger partial charge in [0.2, 0.25) is 5.95 Å². The number of aromatic nitrogens is 8. The van der Waals surface area contributed by atoms with Gasteiger partial charge in [0.05, 0.1) is 43.6 Å². The third-order valence-corrected chi connectivity index (χ3v) is 11.3. The number of ether oxygens (including phenoxy) is 2. The second-order valence-electron chi connectivity index (χ2n) is 10.6. The first-order valence-corrected chi connectivity index (χ1v) is 18.8. The molecule has 4 aromatic rings. The third-order valence-electron chi connectivity index (χ3n) is 7.74. The molecular weight excluding hydrogens is 676 g/mol. The predicted molar refractivity (Wildman–Crippen MR) is 161 cm³/mol. The minimum atomic E-state index is -4.00. The van der Waals surface area contributed by atoms with Crippen LogP contribution in [0, 0.1) is 6.92 Å². The quantitative estimate of drug-likeness (QED) is 0.0879. The number of aliphatic hydroxyl groups is 2. The Morgan fingerprint density at radius 3 is 2.27 bits per heavy atom. The van der Waals surface area contributed by atoms with E-state index in [0.717, 1.165) is 0 Å². The molecule has 0 bridgehead atoms. The first-order valence-electron chi connectivity index (χ1n) is 13.4. The van der Waals surface area contributed by atoms with E-state index in [4.69, 9.17) is 36.1 Å². The van der Waals surface area contributed by atoms with Gasteiger partial charge in [0.15, 0.2) is 29.3 Å². The van der Waals surface area contributed by atoms with Crippen LogP contribution >= 0.6 is 25.6 Å². The van der Waals surface area contributed by atoms with Crippen molar-refractivity contribution in [1.82, 2.24) is 49.2 Å². The monoisotopic (exact) mass is 703 g/mol. The number of hydrogen-bond acceptors (Lipinski definition) is 15. The van der Waals surface area contributed by atoms with Crippen LogP contribution in [-0.2, 0) is 34.9 Å². The highest BCUT2D eigenvalue weighted by molar-refractivity contribution is 8.45. The second kappa shape index (κ2) is 11.4. The number of anilines is 1. The van der Waals surface area contributed by atoms with E-state index in [2.05, 4.69) is 52.3 Å². The number of aryl methyl sites for hydroxylation is 1. The van der Waals surface area contributed by atoms with Crippen LogP contribution in [0.25, 0.3) is 22.3 Å². The van der Waals surface area contributed by atoms with Crippen molar-refractivity contribution in [3.63, 3.8) is 0 Å². The molecule has 45 heavy (non-hydrogen) atoms. The van der Waals surface area contributed by atoms with E-state index in [0.29, 0.717) is 16.9 Å². The minimum Gasteiger partial charge on any atom is -0.387 e. The van der Waals surface area contributed by atoms with Gasteiger partial charge in [-0.15, -0.1) is 0 Å². The highest BCUT2D eigenvalue weighted by Crippen LogP contribution is 2.52. The number of H-pyrrole nitrogens is 1. The van der Waals surface area contributed by atoms with Crippen molar-refractivity contribution in [3.05, 3.63) is 35.0 Å². The van der Waals surface area contributed by atoms with Crippen molar-refractivity contribution in [1.29, 1.82) is 0 Å². The minimum absolute atomic E-state index is 0.0283. The molecule has 0 spiro atoms. The summed E-state index contributed by atoms with van der Waals surface area (Å²) < 4.78 is 39.9. The number of hydrogen-bond donors (Lipinski definition) is 8. The summed E-state index contributed by atoms with van der Waals surface area (Å²) in [7, 11) is 0. The number of nitrogens with zero attached hydrogens (tertiary/aromatic N) is 7. The topological polar surface area (TPSA) is 272 Å². The largest absolute Gasteiger partial charge is 0.387 e. The van der Waals surface area contributed by atoms with E-state index < -0.39 is 74.5 Å². The normalized spacial score (nSPS) is 37.7. The number of nitrogen functional groups attached to an aromatic ring is 1. The Balaban J connectivity index is 1.17. The van der Waals surface area contributed by atoms with E-state index in [-0.39, 0.29) is 23.7 Å². The molecule has 24 heteroatoms. The predicted octanol–water partition coefficient (Wildman–Crippen LogP) is -1.42. The first-order chi connectivity index (χ1) is 21.3. The van der Waals surface area contributed by atoms with Crippen molar-refractivity contribution in [2.24, 2.45) is 0 Å². The van der Waals surface area contributed by atoms with Crippen LogP contribution < -0.4 is 21.5 Å². The molecule has 7 heterocycles. The number of aliphatic hydroxyl groups excluding tert-OH is 2. The Morgan fingerprint density at radius 2 is 1.58 bits per heavy atom. The van der Waals surface area contributed by atoms with Gasteiger partial charge in [-0.05, 0) is 18.7 Å². The van der Waals surface area contributed by atoms with E-state index >= 15 is 0 Å². The molecule has 3 aliphatic heterocycles. The summed E-state index contributed by atoms with van der Waals surface area (Å²) in [5.74, 6) is -0.183. The lowest BCUT2D eigenvalue weighted by Gasteiger charge is -2.31. The van der Waals surface area contributed by atoms with E-state index in [1.54, 1.807) is 6.92 Å². The summed E-state index contributed by atoms with van der Waals surface area (Å²) >= 11 is 9.58. The Morgan fingerprint density at radius 1 is 0.978 bits per heavy atom. The molecule has 0 radical (unpaired) electrons. The smallest absolute Gasteiger partial charge is 0.324 e. The number of fused-ring (bicyclic) bond motifs is 4. The fraction of sp³-hybridized carbons (Fsp3) is 0.524. The molecule has 3 fully saturated rings. The first kappa shape index (κ1) is 31.2. The van der Waals surface area contributed by atoms with Gasteiger partial charge in [-0.3, -0.25) is 23.5 Å². The van der Waals surface area contributed by atoms with Gasteiger partial charge in [-0.2, -0.15) is 4.98 Å². The number of imidazole rings is 2. The fourth-order valence-electron chi connectivity index (χ4n) is 5.63. The molecule has 2 unspecified atom stereocenters. The maximum atomic E-state index is 13.6. The molecule has 4 aromatic heterocycles. The Bertz CT molecular complexity index is 1940. The number of nitrogens with one attached hydrogen (secondary N) is 3. The van der Waals surface area contributed by atoms with Crippen LogP contribution in [0.3, 0.4) is 0 Å². The summed E-state index contributed by atoms with van der Waals surface area (Å²) in [4.78, 5) is 46.6. The zero-order chi connectivity index (χ0) is 31.8. The third kappa shape index (κ3) is 5.63. The summed E-state index contributed by atoms with van der Waals surface area (Å²) in [6.45, 7) is -6.94. The molecule has 0 aromatic carbocycles. The number of thiol groups is 1. The molecule has 8 N–H and O–H groups in total. The lowest BCUT2D eigenvalue weighted by Crippen LogP contribution is -2.47. The van der Waals surface area contributed by atoms with Crippen LogP contribution in [0.2, 0.25) is 0 Å². The van der Waals surface area contributed by atoms with Crippen molar-refractivity contribution in [2.45, 2.75) is 55.9 Å². The van der Waals surface area contributed by atoms with Gasteiger partial charge in [0, 0.05) is 0 Å². The summed E-state index contributed by atoms with van der Waals surface area (Å²) in [6, 6.07) is -2.21. The molecule has 242 valence electrons. The molecule has 20 nitrogen and oxygen atoms in total. The van der Waals surface area contributed by atoms with Crippen LogP contribution in [0.15, 0.2) is 23.8 Å². The van der Waals surface area contributed by atoms with Gasteiger partial charge >= 0.3 is 6.72 Å². The van der Waals surface area contributed by atoms with Gasteiger partial charge in [0.1, 0.15) is 36.3 Å². The summed E-state index contributed by atoms with van der Waals surface area (Å²) in [5.41, 5.74) is 6.59. The Hall–Kier alpha value is -2.43. The Labute approximate surface area is 262 Å². The van der Waals surface area contributed by atoms with Crippen LogP contribution in [0.1, 0.15) is 18.1 Å². The highest BCUT2D eigenvalue weighted by Gasteiger charge is 2.51. The molecular formula is C21H27N11O9P2S2. The Kier molecular flexibility index (Phi) is 7.88. The number of aromatic amines is 1. The van der Waals surface area contributed by atoms with Gasteiger partial charge in [-0.25, -0.2) is 30.1 Å². The maximum absolute atomic E-state index is 13.6. The number of nitrogens with two attached hydrogens (primary N) is 1. The van der Waals surface area contributed by atoms with Crippen molar-refractivity contribution < 1.29 is 38.2 Å². The summed E-state index contributed by atoms with van der Waals surface area (Å²) in [6.07, 6.45) is -3.16. The fourth-order valence-corrected chi connectivity index (χ4v) is 9.02. The molecule has 3 aliphatic rings. The van der Waals surface area contributed by atoms with E-state index in [9.17, 15) is 24.5 Å². The number of rotatable bonds is 2. The SMILES string of the molecule is Cc1ncnc2c1ncn2[C@@H]1O[C@@H]2COP(O)(=S)N[C@H]3[C@@H](O)[C@H](n4cnc5c(=O)[nH]c(N)nc54)O[C@@H]3COP(=O)(S)N[C@H]2[C@H]1O. The summed E-state index contributed by atoms with van der Waals surface area (Å²) in [5, 5.41) is 28.2. The second-order valence-corrected chi connectivity index (χ2v) is 16.8. The maximum Gasteiger partial charge on any atom is 0.324 e. The van der Waals surface area contributed by atoms with E-state index in [1.807, 2.05) is 0 Å². The average molecular weight is 704 g/mol. The zero-order valence-corrected chi connectivity index (χ0v) is 26.5. The lowest BCUT2D eigenvalue weighted by molar-refractivity contribution is -0.0467. The molecule has 0 amide bonds. The van der Waals surface area contributed by atoms with Gasteiger partial charge in [-0.1, -0.05) is 12.2 Å².